The molecule has 1 unspecified atom stereocenters. The summed E-state index contributed by atoms with van der Waals surface area (Å²) in [6, 6.07) is 15.8. The lowest BCUT2D eigenvalue weighted by molar-refractivity contribution is 0.0697. The molecule has 0 spiro atoms. The van der Waals surface area contributed by atoms with Crippen molar-refractivity contribution in [2.75, 3.05) is 5.48 Å². The molecule has 0 fully saturated rings. The molecule has 1 atom stereocenters. The molecule has 7 N–H and O–H groups in total. The molecule has 0 bridgehead atoms. The predicted molar refractivity (Wildman–Crippen MR) is 177 cm³/mol. The maximum atomic E-state index is 11.9. The number of anilines is 1. The molecule has 4 rings (SSSR count). The van der Waals surface area contributed by atoms with E-state index in [4.69, 9.17) is 20.2 Å². The Hall–Kier alpha value is -6.51. The van der Waals surface area contributed by atoms with E-state index in [9.17, 15) is 32.7 Å². The van der Waals surface area contributed by atoms with Gasteiger partial charge in [-0.05, 0) is 72.8 Å². The number of hydrogen-bond acceptors (Lipinski definition) is 16. The number of aromatic carboxylic acids is 1. The van der Waals surface area contributed by atoms with Gasteiger partial charge in [-0.15, -0.1) is 15.3 Å². The molecule has 0 aliphatic rings. The second-order valence-corrected chi connectivity index (χ2v) is 12.1. The summed E-state index contributed by atoms with van der Waals surface area (Å²) in [5, 5.41) is 69.6. The molecular formula is C29H23N9O9S2. The molecule has 0 radical (unpaired) electrons. The smallest absolute Gasteiger partial charge is 0.338 e. The minimum atomic E-state index is -3.69. The molecule has 0 aliphatic carbocycles. The lowest BCUT2D eigenvalue weighted by atomic mass is 10.1. The van der Waals surface area contributed by atoms with Crippen LogP contribution in [0.1, 0.15) is 15.9 Å². The van der Waals surface area contributed by atoms with Gasteiger partial charge in [0.15, 0.2) is 26.3 Å². The van der Waals surface area contributed by atoms with Gasteiger partial charge < -0.3 is 24.7 Å². The van der Waals surface area contributed by atoms with E-state index in [0.29, 0.717) is 12.1 Å². The molecule has 0 saturated heterocycles. The van der Waals surface area contributed by atoms with Gasteiger partial charge in [0, 0.05) is 11.0 Å². The fourth-order valence-electron chi connectivity index (χ4n) is 3.75. The van der Waals surface area contributed by atoms with Gasteiger partial charge >= 0.3 is 5.97 Å². The molecule has 4 aromatic carbocycles. The van der Waals surface area contributed by atoms with Crippen LogP contribution in [0.15, 0.2) is 120 Å². The minimum absolute atomic E-state index is 0.0486. The number of rotatable bonds is 13. The molecule has 0 amide bonds. The Kier molecular flexibility index (Phi) is 11.1. The molecule has 18 nitrogen and oxygen atoms in total. The first kappa shape index (κ1) is 35.3. The van der Waals surface area contributed by atoms with E-state index in [-0.39, 0.29) is 33.2 Å². The summed E-state index contributed by atoms with van der Waals surface area (Å²) in [4.78, 5) is 16.7. The average Bonchev–Trinajstić information content (AvgIpc) is 3.09. The number of azo groups is 3. The summed E-state index contributed by atoms with van der Waals surface area (Å²) in [6.07, 6.45) is 0.592. The number of sulfone groups is 1. The SMILES string of the molecule is C=CS(=O)(=O)c1ccc(N=Nc2c(O)cc(C(=O)O)c(N=Nc3ccc(N=Nc4ccc(C(=N)S(=O)O)cc4)c(NOC=N)c3)c2O)cc1. The summed E-state index contributed by atoms with van der Waals surface area (Å²) in [6.45, 7) is 3.25. The van der Waals surface area contributed by atoms with Gasteiger partial charge in [0.2, 0.25) is 17.5 Å². The Morgan fingerprint density at radius 2 is 1.43 bits per heavy atom. The van der Waals surface area contributed by atoms with E-state index in [1.165, 1.54) is 66.7 Å². The van der Waals surface area contributed by atoms with Crippen molar-refractivity contribution in [1.29, 1.82) is 10.8 Å². The van der Waals surface area contributed by atoms with Crippen LogP contribution < -0.4 is 5.48 Å². The number of carboxylic acid groups (broad SMARTS) is 1. The molecule has 0 aromatic heterocycles. The molecule has 0 saturated carbocycles. The van der Waals surface area contributed by atoms with E-state index >= 15 is 0 Å². The van der Waals surface area contributed by atoms with Crippen molar-refractivity contribution in [3.63, 3.8) is 0 Å². The van der Waals surface area contributed by atoms with Crippen molar-refractivity contribution in [1.82, 2.24) is 0 Å². The zero-order chi connectivity index (χ0) is 35.7. The largest absolute Gasteiger partial charge is 0.505 e. The first-order valence-electron chi connectivity index (χ1n) is 13.2. The maximum absolute atomic E-state index is 11.9. The third kappa shape index (κ3) is 8.65. The Morgan fingerprint density at radius 3 is 2.02 bits per heavy atom. The molecule has 250 valence electrons. The number of nitrogens with one attached hydrogen (secondary N) is 3. The molecule has 0 heterocycles. The van der Waals surface area contributed by atoms with Crippen LogP contribution in [0.5, 0.6) is 11.5 Å². The van der Waals surface area contributed by atoms with Crippen molar-refractivity contribution in [2.45, 2.75) is 4.90 Å². The van der Waals surface area contributed by atoms with Crippen LogP contribution >= 0.6 is 0 Å². The topological polar surface area (TPSA) is 292 Å². The second kappa shape index (κ2) is 15.4. The van der Waals surface area contributed by atoms with Crippen LogP contribution in [0.25, 0.3) is 0 Å². The second-order valence-electron chi connectivity index (χ2n) is 9.26. The van der Waals surface area contributed by atoms with Gasteiger partial charge in [-0.3, -0.25) is 10.8 Å². The van der Waals surface area contributed by atoms with Crippen LogP contribution in [0.2, 0.25) is 0 Å². The number of phenolic OH excluding ortho intramolecular Hbond substituents is 2. The Balaban J connectivity index is 1.65. The summed E-state index contributed by atoms with van der Waals surface area (Å²) < 4.78 is 44.0. The highest BCUT2D eigenvalue weighted by Crippen LogP contribution is 2.47. The monoisotopic (exact) mass is 705 g/mol. The van der Waals surface area contributed by atoms with Crippen LogP contribution in [0.4, 0.5) is 39.8 Å². The zero-order valence-electron chi connectivity index (χ0n) is 24.6. The average molecular weight is 706 g/mol. The molecular weight excluding hydrogens is 683 g/mol. The molecule has 49 heavy (non-hydrogen) atoms. The van der Waals surface area contributed by atoms with Crippen LogP contribution in [-0.4, -0.2) is 49.9 Å². The van der Waals surface area contributed by atoms with Gasteiger partial charge in [-0.25, -0.2) is 22.9 Å². The van der Waals surface area contributed by atoms with Gasteiger partial charge in [-0.2, -0.15) is 15.3 Å². The van der Waals surface area contributed by atoms with Crippen LogP contribution in [0.3, 0.4) is 0 Å². The van der Waals surface area contributed by atoms with Gasteiger partial charge in [-0.1, -0.05) is 6.58 Å². The lowest BCUT2D eigenvalue weighted by Crippen LogP contribution is -2.05. The number of carbonyl (C=O) groups is 1. The first-order valence-corrected chi connectivity index (χ1v) is 15.9. The van der Waals surface area contributed by atoms with E-state index < -0.39 is 60.4 Å². The van der Waals surface area contributed by atoms with E-state index in [0.717, 1.165) is 11.5 Å². The highest BCUT2D eigenvalue weighted by atomic mass is 32.2. The number of carboxylic acids is 1. The number of nitrogens with zero attached hydrogens (tertiary/aromatic N) is 6. The Morgan fingerprint density at radius 1 is 0.857 bits per heavy atom. The number of aromatic hydroxyl groups is 2. The van der Waals surface area contributed by atoms with E-state index in [1.807, 2.05) is 0 Å². The van der Waals surface area contributed by atoms with Crippen molar-refractivity contribution < 1.29 is 42.1 Å². The highest BCUT2D eigenvalue weighted by molar-refractivity contribution is 7.96. The Labute approximate surface area is 279 Å². The Bertz CT molecular complexity index is 2170. The van der Waals surface area contributed by atoms with Gasteiger partial charge in [0.05, 0.1) is 27.5 Å². The summed E-state index contributed by atoms with van der Waals surface area (Å²) in [5.41, 5.74) is 1.77. The van der Waals surface area contributed by atoms with Crippen molar-refractivity contribution in [3.8, 4) is 11.5 Å². The van der Waals surface area contributed by atoms with Crippen LogP contribution in [-0.2, 0) is 25.8 Å². The highest BCUT2D eigenvalue weighted by Gasteiger charge is 2.22. The minimum Gasteiger partial charge on any atom is -0.505 e. The van der Waals surface area contributed by atoms with Gasteiger partial charge in [0.1, 0.15) is 22.8 Å². The first-order chi connectivity index (χ1) is 23.3. The number of hydrogen-bond donors (Lipinski definition) is 7. The third-order valence-corrected chi connectivity index (χ3v) is 8.11. The quantitative estimate of drug-likeness (QED) is 0.0237. The van der Waals surface area contributed by atoms with Crippen molar-refractivity contribution in [2.24, 2.45) is 30.7 Å². The normalized spacial score (nSPS) is 12.3. The van der Waals surface area contributed by atoms with Gasteiger partial charge in [0.25, 0.3) is 0 Å². The number of benzene rings is 4. The van der Waals surface area contributed by atoms with Crippen molar-refractivity contribution >= 4 is 78.1 Å². The summed E-state index contributed by atoms with van der Waals surface area (Å²) >= 11 is -2.45. The predicted octanol–water partition coefficient (Wildman–Crippen LogP) is 7.46. The van der Waals surface area contributed by atoms with Crippen LogP contribution in [0, 0.1) is 10.8 Å². The lowest BCUT2D eigenvalue weighted by Gasteiger charge is -2.09. The van der Waals surface area contributed by atoms with Crippen molar-refractivity contribution in [3.05, 3.63) is 95.9 Å². The zero-order valence-corrected chi connectivity index (χ0v) is 26.3. The maximum Gasteiger partial charge on any atom is 0.338 e. The summed E-state index contributed by atoms with van der Waals surface area (Å²) in [5.74, 6) is -3.18. The fourth-order valence-corrected chi connectivity index (χ4v) is 4.80. The molecule has 0 aliphatic heterocycles. The molecule has 4 aromatic rings. The fraction of sp³-hybridized carbons (Fsp3) is 0. The summed E-state index contributed by atoms with van der Waals surface area (Å²) in [7, 11) is -3.69. The number of phenols is 2. The third-order valence-electron chi connectivity index (χ3n) is 6.16. The van der Waals surface area contributed by atoms with E-state index in [2.05, 4.69) is 42.7 Å². The molecule has 20 heteroatoms. The standard InChI is InChI=1S/C29H23N9O9S2/c1-2-49(45,46)20-10-7-18(8-11-20)33-37-26-24(39)14-21(29(41)42)25(27(26)40)36-34-19-9-12-22(23(13-19)38-47-15-30)35-32-17-5-3-16(4-6-17)28(31)48(43)44/h2-15,30-31,38-40H,1H2,(H,41,42)(H,43,44). The van der Waals surface area contributed by atoms with E-state index in [1.54, 1.807) is 0 Å².